The average Bonchev–Trinajstić information content (AvgIpc) is 3.30. The largest absolute Gasteiger partial charge is 0.481 e. The molecule has 198 valence electrons. The van der Waals surface area contributed by atoms with Gasteiger partial charge in [-0.25, -0.2) is 4.98 Å². The van der Waals surface area contributed by atoms with E-state index in [-0.39, 0.29) is 5.92 Å². The van der Waals surface area contributed by atoms with Gasteiger partial charge < -0.3 is 20.7 Å². The van der Waals surface area contributed by atoms with Gasteiger partial charge in [-0.1, -0.05) is 56.4 Å². The second-order valence-electron chi connectivity index (χ2n) is 11.3. The van der Waals surface area contributed by atoms with Gasteiger partial charge in [0.2, 0.25) is 0 Å². The highest BCUT2D eigenvalue weighted by molar-refractivity contribution is 5.78. The van der Waals surface area contributed by atoms with Crippen LogP contribution in [-0.2, 0) is 17.8 Å². The van der Waals surface area contributed by atoms with Crippen LogP contribution in [0.2, 0.25) is 0 Å². The monoisotopic (exact) mass is 502 g/mol. The van der Waals surface area contributed by atoms with E-state index in [0.29, 0.717) is 5.69 Å². The predicted octanol–water partition coefficient (Wildman–Crippen LogP) is 6.54. The Morgan fingerprint density at radius 3 is 2.59 bits per heavy atom. The first-order valence-electron chi connectivity index (χ1n) is 13.5. The molecule has 1 aromatic heterocycles. The Kier molecular flexibility index (Phi) is 7.96. The summed E-state index contributed by atoms with van der Waals surface area (Å²) in [5, 5.41) is 13.4. The third kappa shape index (κ3) is 5.53. The first-order chi connectivity index (χ1) is 17.6. The zero-order valence-corrected chi connectivity index (χ0v) is 23.0. The molecule has 0 amide bonds. The lowest BCUT2D eigenvalue weighted by Crippen LogP contribution is -2.32. The van der Waals surface area contributed by atoms with Gasteiger partial charge in [-0.2, -0.15) is 0 Å². The summed E-state index contributed by atoms with van der Waals surface area (Å²) in [6.07, 6.45) is 11.6. The summed E-state index contributed by atoms with van der Waals surface area (Å²) in [6, 6.07) is 10.3. The number of carboxylic acids is 1. The summed E-state index contributed by atoms with van der Waals surface area (Å²) >= 11 is 0. The van der Waals surface area contributed by atoms with E-state index in [1.807, 2.05) is 32.3 Å². The summed E-state index contributed by atoms with van der Waals surface area (Å²) in [4.78, 5) is 17.2. The minimum Gasteiger partial charge on any atom is -0.481 e. The molecular formula is C31H42N4O2. The quantitative estimate of drug-likeness (QED) is 0.289. The highest BCUT2D eigenvalue weighted by Gasteiger charge is 2.40. The molecule has 0 aliphatic heterocycles. The summed E-state index contributed by atoms with van der Waals surface area (Å²) in [6.45, 7) is 8.44. The Labute approximate surface area is 221 Å². The Balaban J connectivity index is 1.72. The van der Waals surface area contributed by atoms with Crippen LogP contribution in [0.5, 0.6) is 0 Å². The van der Waals surface area contributed by atoms with E-state index in [9.17, 15) is 9.90 Å². The second-order valence-corrected chi connectivity index (χ2v) is 11.3. The maximum Gasteiger partial charge on any atom is 0.310 e. The number of nitrogen functional groups attached to an aromatic ring is 1. The first-order valence-corrected chi connectivity index (χ1v) is 13.5. The number of hydrogen-bond acceptors (Lipinski definition) is 4. The lowest BCUT2D eigenvalue weighted by Gasteiger charge is -2.33. The Morgan fingerprint density at radius 2 is 1.92 bits per heavy atom. The summed E-state index contributed by atoms with van der Waals surface area (Å²) in [5.41, 5.74) is 12.1. The van der Waals surface area contributed by atoms with Crippen LogP contribution in [-0.4, -0.2) is 27.7 Å². The number of nitrogens with zero attached hydrogens (tertiary/aromatic N) is 2. The number of aliphatic carboxylic acids is 1. The van der Waals surface area contributed by atoms with Gasteiger partial charge in [0, 0.05) is 38.3 Å². The molecule has 0 saturated heterocycles. The van der Waals surface area contributed by atoms with Crippen LogP contribution in [0, 0.1) is 25.2 Å². The molecule has 37 heavy (non-hydrogen) atoms. The number of carbonyl (C=O) groups is 1. The Bertz CT molecular complexity index is 1250. The number of nitrogens with two attached hydrogens (primary N) is 1. The minimum atomic E-state index is -1.04. The van der Waals surface area contributed by atoms with E-state index in [2.05, 4.69) is 41.2 Å². The Hall–Kier alpha value is -3.28. The van der Waals surface area contributed by atoms with E-state index in [1.165, 1.54) is 43.2 Å². The molecule has 1 atom stereocenters. The van der Waals surface area contributed by atoms with Crippen LogP contribution in [0.25, 0.3) is 0 Å². The molecule has 0 bridgehead atoms. The number of rotatable bonds is 9. The Morgan fingerprint density at radius 1 is 1.19 bits per heavy atom. The number of aryl methyl sites for hydroxylation is 1. The third-order valence-corrected chi connectivity index (χ3v) is 8.45. The van der Waals surface area contributed by atoms with Gasteiger partial charge >= 0.3 is 5.97 Å². The molecule has 1 fully saturated rings. The van der Waals surface area contributed by atoms with Gasteiger partial charge in [-0.3, -0.25) is 4.79 Å². The van der Waals surface area contributed by atoms with Gasteiger partial charge in [0.25, 0.3) is 0 Å². The van der Waals surface area contributed by atoms with Crippen LogP contribution >= 0.6 is 0 Å². The van der Waals surface area contributed by atoms with Crippen molar-refractivity contribution in [2.75, 3.05) is 18.1 Å². The lowest BCUT2D eigenvalue weighted by molar-refractivity contribution is -0.147. The number of aromatic nitrogens is 2. The third-order valence-electron chi connectivity index (χ3n) is 8.45. The fraction of sp³-hybridized carbons (Fsp3) is 0.484. The fourth-order valence-corrected chi connectivity index (χ4v) is 5.93. The van der Waals surface area contributed by atoms with Crippen molar-refractivity contribution in [3.05, 3.63) is 76.4 Å². The first kappa shape index (κ1) is 26.8. The van der Waals surface area contributed by atoms with Gasteiger partial charge in [-0.05, 0) is 67.5 Å². The molecule has 0 spiro atoms. The van der Waals surface area contributed by atoms with Crippen molar-refractivity contribution in [1.82, 2.24) is 9.55 Å². The van der Waals surface area contributed by atoms with Crippen molar-refractivity contribution in [2.24, 2.45) is 11.3 Å². The summed E-state index contributed by atoms with van der Waals surface area (Å²) < 4.78 is 2.27. The van der Waals surface area contributed by atoms with Crippen molar-refractivity contribution >= 4 is 17.3 Å². The standard InChI is InChI=1S/C31H42N4O2/c1-20-11-12-23(18-24(20)19-35-16-15-34-27(35)17-22-9-7-6-8-10-22)28(31(3,4)30(36)37)25-13-14-26(33-5)29(32)21(25)2/h11-16,18,22,28,33H,6-10,17,19,32H2,1-5H3,(H,36,37). The molecule has 0 radical (unpaired) electrons. The zero-order valence-electron chi connectivity index (χ0n) is 23.0. The molecule has 1 heterocycles. The summed E-state index contributed by atoms with van der Waals surface area (Å²) in [7, 11) is 1.84. The maximum atomic E-state index is 12.5. The van der Waals surface area contributed by atoms with Gasteiger partial charge in [0.1, 0.15) is 5.82 Å². The number of nitrogens with one attached hydrogen (secondary N) is 1. The zero-order chi connectivity index (χ0) is 26.7. The number of imidazole rings is 1. The lowest BCUT2D eigenvalue weighted by atomic mass is 9.69. The molecule has 1 aliphatic rings. The number of benzene rings is 2. The SMILES string of the molecule is CNc1ccc(C(c2ccc(C)c(Cn3ccnc3CC3CCCCC3)c2)C(C)(C)C(=O)O)c(C)c1N. The van der Waals surface area contributed by atoms with E-state index in [4.69, 9.17) is 10.7 Å². The van der Waals surface area contributed by atoms with Gasteiger partial charge in [0.05, 0.1) is 16.8 Å². The van der Waals surface area contributed by atoms with Crippen molar-refractivity contribution in [2.45, 2.75) is 78.7 Å². The van der Waals surface area contributed by atoms with Crippen LogP contribution in [0.1, 0.15) is 85.5 Å². The highest BCUT2D eigenvalue weighted by Crippen LogP contribution is 2.45. The van der Waals surface area contributed by atoms with Crippen LogP contribution in [0.3, 0.4) is 0 Å². The highest BCUT2D eigenvalue weighted by atomic mass is 16.4. The van der Waals surface area contributed by atoms with Crippen molar-refractivity contribution in [3.8, 4) is 0 Å². The predicted molar refractivity (Wildman–Crippen MR) is 151 cm³/mol. The smallest absolute Gasteiger partial charge is 0.310 e. The van der Waals surface area contributed by atoms with Crippen LogP contribution < -0.4 is 11.1 Å². The molecule has 4 N–H and O–H groups in total. The van der Waals surface area contributed by atoms with Crippen LogP contribution in [0.15, 0.2) is 42.7 Å². The molecule has 1 unspecified atom stereocenters. The topological polar surface area (TPSA) is 93.2 Å². The molecule has 2 aromatic carbocycles. The maximum absolute atomic E-state index is 12.5. The van der Waals surface area contributed by atoms with Crippen molar-refractivity contribution in [1.29, 1.82) is 0 Å². The van der Waals surface area contributed by atoms with E-state index >= 15 is 0 Å². The number of carboxylic acid groups (broad SMARTS) is 1. The van der Waals surface area contributed by atoms with Gasteiger partial charge in [-0.15, -0.1) is 0 Å². The molecule has 4 rings (SSSR count). The molecule has 6 nitrogen and oxygen atoms in total. The van der Waals surface area contributed by atoms with E-state index < -0.39 is 11.4 Å². The second kappa shape index (κ2) is 11.0. The number of hydrogen-bond donors (Lipinski definition) is 3. The number of anilines is 2. The van der Waals surface area contributed by atoms with E-state index in [1.54, 1.807) is 13.8 Å². The van der Waals surface area contributed by atoms with Crippen LogP contribution in [0.4, 0.5) is 11.4 Å². The molecular weight excluding hydrogens is 460 g/mol. The molecule has 1 saturated carbocycles. The van der Waals surface area contributed by atoms with E-state index in [0.717, 1.165) is 47.1 Å². The van der Waals surface area contributed by atoms with Crippen molar-refractivity contribution < 1.29 is 9.90 Å². The fourth-order valence-electron chi connectivity index (χ4n) is 5.93. The van der Waals surface area contributed by atoms with Crippen molar-refractivity contribution in [3.63, 3.8) is 0 Å². The normalized spacial score (nSPS) is 15.5. The minimum absolute atomic E-state index is 0.359. The average molecular weight is 503 g/mol. The molecule has 3 aromatic rings. The van der Waals surface area contributed by atoms with Gasteiger partial charge in [0.15, 0.2) is 0 Å². The summed E-state index contributed by atoms with van der Waals surface area (Å²) in [5.74, 6) is 0.671. The molecule has 6 heteroatoms. The molecule has 1 aliphatic carbocycles.